The molecule has 1 aromatic carbocycles. The highest BCUT2D eigenvalue weighted by atomic mass is 32.1. The number of nitrogens with zero attached hydrogens (tertiary/aromatic N) is 1. The van der Waals surface area contributed by atoms with Gasteiger partial charge in [-0.05, 0) is 42.5 Å². The summed E-state index contributed by atoms with van der Waals surface area (Å²) < 4.78 is 5.84. The van der Waals surface area contributed by atoms with E-state index in [4.69, 9.17) is 4.74 Å². The van der Waals surface area contributed by atoms with Gasteiger partial charge in [-0.2, -0.15) is 0 Å². The fourth-order valence-corrected chi connectivity index (χ4v) is 2.90. The predicted octanol–water partition coefficient (Wildman–Crippen LogP) is 2.96. The van der Waals surface area contributed by atoms with Gasteiger partial charge >= 0.3 is 5.97 Å². The summed E-state index contributed by atoms with van der Waals surface area (Å²) in [5.41, 5.74) is 2.85. The zero-order valence-electron chi connectivity index (χ0n) is 12.2. The van der Waals surface area contributed by atoms with Crippen molar-refractivity contribution < 1.29 is 9.53 Å². The number of aromatic amines is 1. The fourth-order valence-electron chi connectivity index (χ4n) is 2.17. The lowest BCUT2D eigenvalue weighted by Gasteiger charge is -2.08. The molecule has 22 heavy (non-hydrogen) atoms. The van der Waals surface area contributed by atoms with Crippen LogP contribution in [0.2, 0.25) is 0 Å². The molecule has 0 aliphatic rings. The third kappa shape index (κ3) is 2.65. The first kappa shape index (κ1) is 14.5. The number of ether oxygens (including phenoxy) is 1. The number of esters is 1. The molecule has 0 aliphatic carbocycles. The molecule has 112 valence electrons. The smallest absolute Gasteiger partial charge is 0.338 e. The Hall–Kier alpha value is -2.47. The van der Waals surface area contributed by atoms with Gasteiger partial charge in [0, 0.05) is 0 Å². The Morgan fingerprint density at radius 1 is 1.32 bits per heavy atom. The molecule has 0 fully saturated rings. The van der Waals surface area contributed by atoms with E-state index in [0.29, 0.717) is 21.6 Å². The first-order valence-corrected chi connectivity index (χ1v) is 7.64. The first-order chi connectivity index (χ1) is 10.6. The molecule has 0 amide bonds. The van der Waals surface area contributed by atoms with E-state index < -0.39 is 5.97 Å². The van der Waals surface area contributed by atoms with Gasteiger partial charge in [0.15, 0.2) is 0 Å². The standard InChI is InChI=1S/C16H14N2O3S/c1-9-4-3-5-11(10(9)2)16(20)21-8-13-17-12-6-7-22-14(12)15(19)18-13/h3-7H,8H2,1-2H3,(H,17,18,19). The maximum Gasteiger partial charge on any atom is 0.338 e. The molecule has 2 aromatic heterocycles. The molecule has 0 bridgehead atoms. The Balaban J connectivity index is 1.80. The molecule has 0 atom stereocenters. The van der Waals surface area contributed by atoms with Crippen molar-refractivity contribution in [1.82, 2.24) is 9.97 Å². The van der Waals surface area contributed by atoms with Gasteiger partial charge in [0.05, 0.1) is 11.1 Å². The highest BCUT2D eigenvalue weighted by molar-refractivity contribution is 7.17. The molecule has 3 rings (SSSR count). The lowest BCUT2D eigenvalue weighted by Crippen LogP contribution is -2.14. The Morgan fingerprint density at radius 2 is 2.14 bits per heavy atom. The van der Waals surface area contributed by atoms with E-state index in [9.17, 15) is 9.59 Å². The van der Waals surface area contributed by atoms with Gasteiger partial charge in [0.25, 0.3) is 5.56 Å². The highest BCUT2D eigenvalue weighted by Crippen LogP contribution is 2.16. The molecule has 0 saturated heterocycles. The van der Waals surface area contributed by atoms with Crippen LogP contribution < -0.4 is 5.56 Å². The largest absolute Gasteiger partial charge is 0.454 e. The van der Waals surface area contributed by atoms with Gasteiger partial charge in [-0.1, -0.05) is 12.1 Å². The predicted molar refractivity (Wildman–Crippen MR) is 85.3 cm³/mol. The number of aryl methyl sites for hydroxylation is 1. The fraction of sp³-hybridized carbons (Fsp3) is 0.188. The number of benzene rings is 1. The Morgan fingerprint density at radius 3 is 2.95 bits per heavy atom. The number of hydrogen-bond acceptors (Lipinski definition) is 5. The van der Waals surface area contributed by atoms with Crippen molar-refractivity contribution in [3.63, 3.8) is 0 Å². The average Bonchev–Trinajstić information content (AvgIpc) is 2.96. The Kier molecular flexibility index (Phi) is 3.77. The third-order valence-electron chi connectivity index (χ3n) is 3.53. The normalized spacial score (nSPS) is 10.8. The second-order valence-corrected chi connectivity index (χ2v) is 5.89. The van der Waals surface area contributed by atoms with Crippen molar-refractivity contribution >= 4 is 27.5 Å². The summed E-state index contributed by atoms with van der Waals surface area (Å²) in [6, 6.07) is 7.25. The average molecular weight is 314 g/mol. The molecule has 0 unspecified atom stereocenters. The molecule has 6 heteroatoms. The third-order valence-corrected chi connectivity index (χ3v) is 4.43. The molecule has 5 nitrogen and oxygen atoms in total. The summed E-state index contributed by atoms with van der Waals surface area (Å²) in [5.74, 6) is -0.0798. The van der Waals surface area contributed by atoms with E-state index in [0.717, 1.165) is 11.1 Å². The zero-order chi connectivity index (χ0) is 15.7. The summed E-state index contributed by atoms with van der Waals surface area (Å²) in [7, 11) is 0. The van der Waals surface area contributed by atoms with Crippen molar-refractivity contribution in [2.24, 2.45) is 0 Å². The minimum absolute atomic E-state index is 0.0623. The summed E-state index contributed by atoms with van der Waals surface area (Å²) in [6.45, 7) is 3.76. The number of fused-ring (bicyclic) bond motifs is 1. The zero-order valence-corrected chi connectivity index (χ0v) is 13.0. The molecule has 0 spiro atoms. The van der Waals surface area contributed by atoms with Crippen LogP contribution in [0.1, 0.15) is 27.3 Å². The van der Waals surface area contributed by atoms with Crippen molar-refractivity contribution in [1.29, 1.82) is 0 Å². The van der Waals surface area contributed by atoms with Crippen LogP contribution in [0, 0.1) is 13.8 Å². The molecular formula is C16H14N2O3S. The number of rotatable bonds is 3. The lowest BCUT2D eigenvalue weighted by molar-refractivity contribution is 0.0461. The van der Waals surface area contributed by atoms with Crippen LogP contribution in [0.25, 0.3) is 10.2 Å². The van der Waals surface area contributed by atoms with E-state index in [1.807, 2.05) is 26.0 Å². The van der Waals surface area contributed by atoms with Crippen LogP contribution in [0.5, 0.6) is 0 Å². The van der Waals surface area contributed by atoms with Crippen LogP contribution in [0.3, 0.4) is 0 Å². The maximum absolute atomic E-state index is 12.1. The van der Waals surface area contributed by atoms with E-state index in [-0.39, 0.29) is 12.2 Å². The molecule has 0 saturated carbocycles. The first-order valence-electron chi connectivity index (χ1n) is 6.76. The second-order valence-electron chi connectivity index (χ2n) is 4.97. The van der Waals surface area contributed by atoms with Gasteiger partial charge < -0.3 is 9.72 Å². The SMILES string of the molecule is Cc1cccc(C(=O)OCc2nc3ccsc3c(=O)[nH]2)c1C. The van der Waals surface area contributed by atoms with Crippen LogP contribution >= 0.6 is 11.3 Å². The van der Waals surface area contributed by atoms with Crippen LogP contribution in [-0.4, -0.2) is 15.9 Å². The van der Waals surface area contributed by atoms with Crippen molar-refractivity contribution in [2.45, 2.75) is 20.5 Å². The van der Waals surface area contributed by atoms with Crippen molar-refractivity contribution in [3.8, 4) is 0 Å². The van der Waals surface area contributed by atoms with Crippen LogP contribution in [0.15, 0.2) is 34.4 Å². The Labute approximate surface area is 130 Å². The van der Waals surface area contributed by atoms with Crippen molar-refractivity contribution in [3.05, 3.63) is 62.5 Å². The number of carbonyl (C=O) groups is 1. The minimum Gasteiger partial charge on any atom is -0.454 e. The molecule has 3 aromatic rings. The van der Waals surface area contributed by atoms with Gasteiger partial charge in [0.1, 0.15) is 17.1 Å². The van der Waals surface area contributed by atoms with E-state index in [1.54, 1.807) is 17.5 Å². The van der Waals surface area contributed by atoms with Crippen molar-refractivity contribution in [2.75, 3.05) is 0 Å². The van der Waals surface area contributed by atoms with E-state index in [2.05, 4.69) is 9.97 Å². The molecule has 0 radical (unpaired) electrons. The monoisotopic (exact) mass is 314 g/mol. The topological polar surface area (TPSA) is 72.0 Å². The maximum atomic E-state index is 12.1. The van der Waals surface area contributed by atoms with Crippen LogP contribution in [0.4, 0.5) is 0 Å². The second kappa shape index (κ2) is 5.73. The number of H-pyrrole nitrogens is 1. The number of carbonyl (C=O) groups excluding carboxylic acids is 1. The highest BCUT2D eigenvalue weighted by Gasteiger charge is 2.13. The molecule has 0 aliphatic heterocycles. The molecule has 2 heterocycles. The minimum atomic E-state index is -0.422. The van der Waals surface area contributed by atoms with E-state index >= 15 is 0 Å². The van der Waals surface area contributed by atoms with Gasteiger partial charge in [-0.25, -0.2) is 9.78 Å². The van der Waals surface area contributed by atoms with Crippen LogP contribution in [-0.2, 0) is 11.3 Å². The molecule has 1 N–H and O–H groups in total. The Bertz CT molecular complexity index is 911. The summed E-state index contributed by atoms with van der Waals surface area (Å²) in [5, 5.41) is 1.80. The van der Waals surface area contributed by atoms with Gasteiger partial charge in [0.2, 0.25) is 0 Å². The van der Waals surface area contributed by atoms with E-state index in [1.165, 1.54) is 11.3 Å². The van der Waals surface area contributed by atoms with Gasteiger partial charge in [-0.3, -0.25) is 4.79 Å². The number of thiophene rings is 1. The molecular weight excluding hydrogens is 300 g/mol. The number of nitrogens with one attached hydrogen (secondary N) is 1. The number of hydrogen-bond donors (Lipinski definition) is 1. The summed E-state index contributed by atoms with van der Waals surface area (Å²) >= 11 is 1.33. The number of aromatic nitrogens is 2. The quantitative estimate of drug-likeness (QED) is 0.754. The van der Waals surface area contributed by atoms with Gasteiger partial charge in [-0.15, -0.1) is 11.3 Å². The summed E-state index contributed by atoms with van der Waals surface area (Å²) in [4.78, 5) is 30.9. The lowest BCUT2D eigenvalue weighted by atomic mass is 10.0. The summed E-state index contributed by atoms with van der Waals surface area (Å²) in [6.07, 6.45) is 0.